The molecule has 8 heteroatoms. The maximum Gasteiger partial charge on any atom is 0.356 e. The van der Waals surface area contributed by atoms with Gasteiger partial charge in [-0.3, -0.25) is 9.89 Å². The summed E-state index contributed by atoms with van der Waals surface area (Å²) in [6.07, 6.45) is 3.43. The van der Waals surface area contributed by atoms with E-state index in [0.717, 1.165) is 12.8 Å². The molecule has 1 aliphatic rings. The van der Waals surface area contributed by atoms with Crippen molar-refractivity contribution in [2.45, 2.75) is 18.8 Å². The zero-order valence-corrected chi connectivity index (χ0v) is 10.3. The first-order valence-corrected chi connectivity index (χ1v) is 6.07. The van der Waals surface area contributed by atoms with Crippen molar-refractivity contribution >= 4 is 17.6 Å². The molecule has 2 aromatic heterocycles. The molecule has 2 heterocycles. The summed E-state index contributed by atoms with van der Waals surface area (Å²) in [5.74, 6) is -0.734. The lowest BCUT2D eigenvalue weighted by molar-refractivity contribution is 0.0691. The van der Waals surface area contributed by atoms with Crippen molar-refractivity contribution in [1.29, 1.82) is 0 Å². The summed E-state index contributed by atoms with van der Waals surface area (Å²) < 4.78 is 0. The number of nitrogens with one attached hydrogen (secondary N) is 2. The van der Waals surface area contributed by atoms with Gasteiger partial charge in [-0.2, -0.15) is 0 Å². The van der Waals surface area contributed by atoms with E-state index in [0.29, 0.717) is 11.7 Å². The first-order chi connectivity index (χ1) is 9.65. The van der Waals surface area contributed by atoms with Gasteiger partial charge in [-0.15, -0.1) is 5.10 Å². The third-order valence-electron chi connectivity index (χ3n) is 2.93. The Morgan fingerprint density at radius 3 is 2.90 bits per heavy atom. The molecule has 0 aromatic carbocycles. The van der Waals surface area contributed by atoms with Crippen molar-refractivity contribution < 1.29 is 14.7 Å². The summed E-state index contributed by atoms with van der Waals surface area (Å²) in [5.41, 5.74) is -0.110. The van der Waals surface area contributed by atoms with Crippen molar-refractivity contribution in [2.75, 3.05) is 5.32 Å². The Morgan fingerprint density at radius 2 is 2.20 bits per heavy atom. The van der Waals surface area contributed by atoms with Gasteiger partial charge >= 0.3 is 5.97 Å². The first kappa shape index (κ1) is 12.3. The van der Waals surface area contributed by atoms with Crippen LogP contribution in [-0.2, 0) is 0 Å². The molecule has 3 rings (SSSR count). The normalized spacial score (nSPS) is 14.0. The molecule has 20 heavy (non-hydrogen) atoms. The summed E-state index contributed by atoms with van der Waals surface area (Å²) in [5, 5.41) is 18.0. The number of pyridine rings is 1. The molecular formula is C12H11N5O3. The van der Waals surface area contributed by atoms with Gasteiger partial charge in [-0.25, -0.2) is 14.8 Å². The van der Waals surface area contributed by atoms with Gasteiger partial charge in [0.1, 0.15) is 5.82 Å². The molecule has 0 unspecified atom stereocenters. The molecule has 0 saturated heterocycles. The zero-order valence-electron chi connectivity index (χ0n) is 10.3. The molecule has 1 saturated carbocycles. The summed E-state index contributed by atoms with van der Waals surface area (Å²) >= 11 is 0. The molecule has 102 valence electrons. The van der Waals surface area contributed by atoms with Crippen LogP contribution in [0.5, 0.6) is 0 Å². The van der Waals surface area contributed by atoms with E-state index < -0.39 is 11.9 Å². The van der Waals surface area contributed by atoms with Crippen molar-refractivity contribution in [3.05, 3.63) is 35.7 Å². The van der Waals surface area contributed by atoms with E-state index in [1.807, 2.05) is 0 Å². The molecule has 1 fully saturated rings. The quantitative estimate of drug-likeness (QED) is 0.764. The van der Waals surface area contributed by atoms with Crippen molar-refractivity contribution in [3.63, 3.8) is 0 Å². The number of carbonyl (C=O) groups is 2. The second-order valence-corrected chi connectivity index (χ2v) is 4.48. The fraction of sp³-hybridized carbons (Fsp3) is 0.250. The van der Waals surface area contributed by atoms with Gasteiger partial charge in [0.25, 0.3) is 5.91 Å². The minimum absolute atomic E-state index is 0.00732. The lowest BCUT2D eigenvalue weighted by Crippen LogP contribution is -2.17. The maximum absolute atomic E-state index is 12.0. The van der Waals surface area contributed by atoms with E-state index in [9.17, 15) is 9.59 Å². The number of anilines is 1. The minimum atomic E-state index is -1.21. The van der Waals surface area contributed by atoms with Crippen LogP contribution < -0.4 is 5.32 Å². The van der Waals surface area contributed by atoms with Crippen LogP contribution >= 0.6 is 0 Å². The Hall–Kier alpha value is -2.77. The van der Waals surface area contributed by atoms with Crippen LogP contribution in [-0.4, -0.2) is 37.1 Å². The van der Waals surface area contributed by atoms with Crippen LogP contribution in [0.2, 0.25) is 0 Å². The fourth-order valence-electron chi connectivity index (χ4n) is 1.77. The van der Waals surface area contributed by atoms with Gasteiger partial charge in [0.05, 0.1) is 5.69 Å². The molecule has 0 aliphatic heterocycles. The number of aromatic nitrogens is 4. The number of amides is 1. The van der Waals surface area contributed by atoms with Gasteiger partial charge < -0.3 is 10.4 Å². The molecule has 1 aliphatic carbocycles. The summed E-state index contributed by atoms with van der Waals surface area (Å²) in [7, 11) is 0. The molecular weight excluding hydrogens is 262 g/mol. The number of hydrogen-bond acceptors (Lipinski definition) is 5. The van der Waals surface area contributed by atoms with Crippen molar-refractivity contribution in [3.8, 4) is 0 Å². The largest absolute Gasteiger partial charge is 0.476 e. The molecule has 0 spiro atoms. The smallest absolute Gasteiger partial charge is 0.356 e. The topological polar surface area (TPSA) is 121 Å². The van der Waals surface area contributed by atoms with E-state index in [-0.39, 0.29) is 17.2 Å². The zero-order chi connectivity index (χ0) is 14.1. The van der Waals surface area contributed by atoms with E-state index >= 15 is 0 Å². The second-order valence-electron chi connectivity index (χ2n) is 4.48. The number of carbonyl (C=O) groups excluding carboxylic acids is 1. The van der Waals surface area contributed by atoms with Crippen molar-refractivity contribution in [1.82, 2.24) is 20.2 Å². The van der Waals surface area contributed by atoms with E-state index in [2.05, 4.69) is 25.5 Å². The summed E-state index contributed by atoms with van der Waals surface area (Å²) in [6, 6.07) is 3.00. The molecule has 0 bridgehead atoms. The number of carboxylic acid groups (broad SMARTS) is 1. The van der Waals surface area contributed by atoms with Crippen LogP contribution in [0.3, 0.4) is 0 Å². The third-order valence-corrected chi connectivity index (χ3v) is 2.93. The van der Waals surface area contributed by atoms with Gasteiger partial charge in [0, 0.05) is 12.1 Å². The lowest BCUT2D eigenvalue weighted by Gasteiger charge is -2.04. The maximum atomic E-state index is 12.0. The molecule has 0 atom stereocenters. The number of nitrogens with zero attached hydrogens (tertiary/aromatic N) is 3. The average Bonchev–Trinajstić information content (AvgIpc) is 3.16. The predicted molar refractivity (Wildman–Crippen MR) is 67.5 cm³/mol. The summed E-state index contributed by atoms with van der Waals surface area (Å²) in [4.78, 5) is 30.8. The number of carboxylic acids is 1. The van der Waals surface area contributed by atoms with Gasteiger partial charge in [0.15, 0.2) is 5.69 Å². The highest BCUT2D eigenvalue weighted by atomic mass is 16.4. The fourth-order valence-corrected chi connectivity index (χ4v) is 1.77. The molecule has 1 amide bonds. The molecule has 8 nitrogen and oxygen atoms in total. The monoisotopic (exact) mass is 273 g/mol. The number of aromatic carboxylic acids is 1. The standard InChI is InChI=1S/C12H11N5O3/c18-11(10-15-9(16-17-10)6-3-4-6)14-7-2-1-5-13-8(7)12(19)20/h1-2,5-6H,3-4H2,(H,14,18)(H,19,20)(H,15,16,17). The Bertz CT molecular complexity index is 677. The van der Waals surface area contributed by atoms with Gasteiger partial charge in [0.2, 0.25) is 5.82 Å². The van der Waals surface area contributed by atoms with Gasteiger partial charge in [-0.1, -0.05) is 0 Å². The van der Waals surface area contributed by atoms with Crippen LogP contribution in [0, 0.1) is 0 Å². The highest BCUT2D eigenvalue weighted by molar-refractivity contribution is 6.05. The average molecular weight is 273 g/mol. The van der Waals surface area contributed by atoms with E-state index in [1.165, 1.54) is 18.3 Å². The SMILES string of the molecule is O=C(Nc1cccnc1C(=O)O)c1n[nH]c(C2CC2)n1. The number of hydrogen-bond donors (Lipinski definition) is 3. The van der Waals surface area contributed by atoms with Crippen LogP contribution in [0.25, 0.3) is 0 Å². The highest BCUT2D eigenvalue weighted by Gasteiger charge is 2.28. The van der Waals surface area contributed by atoms with E-state index in [4.69, 9.17) is 5.11 Å². The van der Waals surface area contributed by atoms with Crippen molar-refractivity contribution in [2.24, 2.45) is 0 Å². The number of H-pyrrole nitrogens is 1. The highest BCUT2D eigenvalue weighted by Crippen LogP contribution is 2.37. The van der Waals surface area contributed by atoms with Crippen LogP contribution in [0.1, 0.15) is 45.7 Å². The lowest BCUT2D eigenvalue weighted by atomic mass is 10.3. The van der Waals surface area contributed by atoms with Crippen LogP contribution in [0.15, 0.2) is 18.3 Å². The third kappa shape index (κ3) is 2.35. The Kier molecular flexibility index (Phi) is 2.90. The molecule has 3 N–H and O–H groups in total. The molecule has 0 radical (unpaired) electrons. The van der Waals surface area contributed by atoms with Crippen LogP contribution in [0.4, 0.5) is 5.69 Å². The van der Waals surface area contributed by atoms with Gasteiger partial charge in [-0.05, 0) is 25.0 Å². The second kappa shape index (κ2) is 4.72. The summed E-state index contributed by atoms with van der Waals surface area (Å²) in [6.45, 7) is 0. The first-order valence-electron chi connectivity index (χ1n) is 6.07. The Labute approximate surface area is 113 Å². The number of rotatable bonds is 4. The Balaban J connectivity index is 1.79. The Morgan fingerprint density at radius 1 is 1.40 bits per heavy atom. The van der Waals surface area contributed by atoms with E-state index in [1.54, 1.807) is 0 Å². The predicted octanol–water partition coefficient (Wildman–Crippen LogP) is 1.03. The molecule has 2 aromatic rings. The number of aromatic amines is 1. The minimum Gasteiger partial charge on any atom is -0.476 e.